The van der Waals surface area contributed by atoms with Crippen molar-refractivity contribution in [2.24, 2.45) is 0 Å². The van der Waals surface area contributed by atoms with Gasteiger partial charge in [-0.15, -0.1) is 0 Å². The van der Waals surface area contributed by atoms with Gasteiger partial charge >= 0.3 is 6.09 Å². The lowest BCUT2D eigenvalue weighted by molar-refractivity contribution is -0.248. The highest BCUT2D eigenvalue weighted by Gasteiger charge is 2.56. The van der Waals surface area contributed by atoms with Gasteiger partial charge in [0.1, 0.15) is 53.6 Å². The van der Waals surface area contributed by atoms with Crippen LogP contribution in [0.3, 0.4) is 0 Å². The van der Waals surface area contributed by atoms with E-state index in [0.717, 1.165) is 0 Å². The molecule has 0 aromatic heterocycles. The molecule has 5 aliphatic rings. The normalized spacial score (nSPS) is 30.9. The van der Waals surface area contributed by atoms with Gasteiger partial charge in [0.2, 0.25) is 5.78 Å². The average molecular weight is 741 g/mol. The van der Waals surface area contributed by atoms with E-state index in [1.54, 1.807) is 27.7 Å². The standard InChI is InChI=1S/C37H44N2O14/c1-16-34-19(39-23(49-6)13-38(14-24(39)52-34)35(46)53-36(2,3)4)10-25(50-16)51-21-12-37(47,22(41)15-40)11-18-27(21)33(45)29-28(31(18)43)30(42)17-8-7-9-20(48-5)26(17)32(29)44/h7-9,16,19,21,23-25,34,40,43,45,47H,10-15H2,1-6H3/t16-,19?,21-,23?,24?,25-,34?,37-/m0/s1. The minimum Gasteiger partial charge on any atom is -0.507 e. The molecule has 16 heteroatoms. The molecule has 0 spiro atoms. The van der Waals surface area contributed by atoms with E-state index in [4.69, 9.17) is 28.4 Å². The number of carbonyl (C=O) groups is 4. The van der Waals surface area contributed by atoms with Crippen LogP contribution in [0.25, 0.3) is 0 Å². The van der Waals surface area contributed by atoms with Crippen molar-refractivity contribution in [3.05, 3.63) is 51.6 Å². The number of hydrogen-bond donors (Lipinski definition) is 4. The zero-order chi connectivity index (χ0) is 38.3. The summed E-state index contributed by atoms with van der Waals surface area (Å²) in [5.41, 5.74) is -4.36. The van der Waals surface area contributed by atoms with Gasteiger partial charge in [-0.3, -0.25) is 14.4 Å². The number of carbonyl (C=O) groups excluding carboxylic acids is 4. The smallest absolute Gasteiger partial charge is 0.410 e. The third kappa shape index (κ3) is 6.06. The van der Waals surface area contributed by atoms with Crippen LogP contribution in [-0.4, -0.2) is 136 Å². The number of piperazine rings is 1. The highest BCUT2D eigenvalue weighted by molar-refractivity contribution is 6.31. The van der Waals surface area contributed by atoms with E-state index in [1.165, 1.54) is 37.3 Å². The molecule has 0 bridgehead atoms. The first-order valence-electron chi connectivity index (χ1n) is 17.5. The lowest BCUT2D eigenvalue weighted by Gasteiger charge is -2.46. The maximum absolute atomic E-state index is 14.0. The Hall–Kier alpha value is -4.16. The monoisotopic (exact) mass is 740 g/mol. The molecule has 8 atom stereocenters. The van der Waals surface area contributed by atoms with E-state index < -0.39 is 114 Å². The van der Waals surface area contributed by atoms with Gasteiger partial charge < -0.3 is 53.7 Å². The van der Waals surface area contributed by atoms with Gasteiger partial charge in [0.15, 0.2) is 17.9 Å². The third-order valence-electron chi connectivity index (χ3n) is 10.7. The first-order chi connectivity index (χ1) is 25.0. The fourth-order valence-electron chi connectivity index (χ4n) is 8.39. The van der Waals surface area contributed by atoms with E-state index in [2.05, 4.69) is 0 Å². The van der Waals surface area contributed by atoms with Crippen molar-refractivity contribution in [3.63, 3.8) is 0 Å². The van der Waals surface area contributed by atoms with Crippen LogP contribution in [0.1, 0.15) is 89.6 Å². The molecule has 3 saturated heterocycles. The van der Waals surface area contributed by atoms with Crippen LogP contribution >= 0.6 is 0 Å². The van der Waals surface area contributed by atoms with Crippen molar-refractivity contribution in [2.45, 2.75) is 101 Å². The van der Waals surface area contributed by atoms with E-state index in [-0.39, 0.29) is 53.6 Å². The number of methoxy groups -OCH3 is 2. The number of benzene rings is 2. The number of phenolic OH excluding ortho intramolecular Hbond substituents is 2. The van der Waals surface area contributed by atoms with E-state index in [9.17, 15) is 39.6 Å². The van der Waals surface area contributed by atoms with E-state index in [0.29, 0.717) is 0 Å². The number of phenols is 2. The van der Waals surface area contributed by atoms with Crippen molar-refractivity contribution in [1.82, 2.24) is 9.80 Å². The molecule has 2 aliphatic carbocycles. The number of aromatic hydroxyl groups is 2. The summed E-state index contributed by atoms with van der Waals surface area (Å²) >= 11 is 0. The number of Topliss-reactive ketones (excluding diaryl/α,β-unsaturated/α-hetero) is 1. The average Bonchev–Trinajstić information content (AvgIpc) is 3.49. The number of aliphatic hydroxyl groups excluding tert-OH is 1. The minimum atomic E-state index is -2.28. The molecular weight excluding hydrogens is 696 g/mol. The van der Waals surface area contributed by atoms with Gasteiger partial charge in [-0.05, 0) is 33.8 Å². The maximum Gasteiger partial charge on any atom is 0.410 e. The zero-order valence-corrected chi connectivity index (χ0v) is 30.3. The van der Waals surface area contributed by atoms with Crippen molar-refractivity contribution in [1.29, 1.82) is 0 Å². The largest absolute Gasteiger partial charge is 0.507 e. The van der Waals surface area contributed by atoms with Gasteiger partial charge in [0.05, 0.1) is 49.1 Å². The Morgan fingerprint density at radius 2 is 1.74 bits per heavy atom. The Balaban J connectivity index is 1.23. The van der Waals surface area contributed by atoms with Crippen molar-refractivity contribution >= 4 is 23.4 Å². The number of amides is 1. The van der Waals surface area contributed by atoms with Crippen molar-refractivity contribution < 1.29 is 68.0 Å². The maximum atomic E-state index is 14.0. The molecule has 53 heavy (non-hydrogen) atoms. The second-order valence-electron chi connectivity index (χ2n) is 15.2. The molecule has 286 valence electrons. The first kappa shape index (κ1) is 37.2. The van der Waals surface area contributed by atoms with Crippen LogP contribution in [0.15, 0.2) is 18.2 Å². The number of ketones is 3. The number of fused-ring (bicyclic) bond motifs is 6. The minimum absolute atomic E-state index is 0.0562. The summed E-state index contributed by atoms with van der Waals surface area (Å²) in [7, 11) is 2.86. The molecule has 7 rings (SSSR count). The summed E-state index contributed by atoms with van der Waals surface area (Å²) in [6.07, 6.45) is -6.00. The predicted molar refractivity (Wildman–Crippen MR) is 181 cm³/mol. The summed E-state index contributed by atoms with van der Waals surface area (Å²) in [6.45, 7) is 6.49. The summed E-state index contributed by atoms with van der Waals surface area (Å²) in [5.74, 6) is -3.78. The first-order valence-corrected chi connectivity index (χ1v) is 17.5. The summed E-state index contributed by atoms with van der Waals surface area (Å²) in [4.78, 5) is 57.3. The molecule has 1 amide bonds. The predicted octanol–water partition coefficient (Wildman–Crippen LogP) is 1.93. The summed E-state index contributed by atoms with van der Waals surface area (Å²) in [6, 6.07) is 4.05. The Labute approximate surface area is 305 Å². The molecule has 2 aromatic rings. The van der Waals surface area contributed by atoms with E-state index >= 15 is 0 Å². The van der Waals surface area contributed by atoms with Gasteiger partial charge in [0.25, 0.3) is 0 Å². The lowest BCUT2D eigenvalue weighted by Crippen LogP contribution is -2.62. The highest BCUT2D eigenvalue weighted by atomic mass is 16.7. The van der Waals surface area contributed by atoms with Crippen molar-refractivity contribution in [2.75, 3.05) is 33.9 Å². The Morgan fingerprint density at radius 3 is 2.40 bits per heavy atom. The second kappa shape index (κ2) is 13.3. The molecule has 0 saturated carbocycles. The number of nitrogens with zero attached hydrogens (tertiary/aromatic N) is 2. The number of hydrogen-bond acceptors (Lipinski definition) is 15. The molecule has 16 nitrogen and oxygen atoms in total. The second-order valence-corrected chi connectivity index (χ2v) is 15.2. The summed E-state index contributed by atoms with van der Waals surface area (Å²) in [5, 5.41) is 45.0. The number of ether oxygens (including phenoxy) is 6. The number of aliphatic hydroxyl groups is 2. The van der Waals surface area contributed by atoms with E-state index in [1.807, 2.05) is 4.90 Å². The van der Waals surface area contributed by atoms with Crippen LogP contribution in [0.2, 0.25) is 0 Å². The van der Waals surface area contributed by atoms with Crippen LogP contribution in [0.5, 0.6) is 17.2 Å². The Kier molecular flexibility index (Phi) is 9.33. The Morgan fingerprint density at radius 1 is 1.02 bits per heavy atom. The molecule has 0 radical (unpaired) electrons. The molecule has 2 aromatic carbocycles. The van der Waals surface area contributed by atoms with Gasteiger partial charge in [-0.25, -0.2) is 9.69 Å². The molecule has 4 N–H and O–H groups in total. The topological polar surface area (TPSA) is 211 Å². The van der Waals surface area contributed by atoms with Crippen LogP contribution in [0.4, 0.5) is 4.79 Å². The van der Waals surface area contributed by atoms with Crippen LogP contribution < -0.4 is 4.74 Å². The summed E-state index contributed by atoms with van der Waals surface area (Å²) < 4.78 is 35.9. The third-order valence-corrected chi connectivity index (χ3v) is 10.7. The zero-order valence-electron chi connectivity index (χ0n) is 30.3. The van der Waals surface area contributed by atoms with Gasteiger partial charge in [-0.2, -0.15) is 0 Å². The fourth-order valence-corrected chi connectivity index (χ4v) is 8.39. The number of rotatable bonds is 6. The SMILES string of the molecule is COc1cccc2c1C(=O)c1c(O)c3c(c(O)c1C2=O)C[C@@](O)(C(=O)CO)C[C@@H]3O[C@H]1CC2C(OC3CN(C(=O)OC(C)(C)C)CC(OC)N32)[C@H](C)O1. The quantitative estimate of drug-likeness (QED) is 0.266. The van der Waals surface area contributed by atoms with Crippen LogP contribution in [0, 0.1) is 0 Å². The molecule has 3 aliphatic heterocycles. The van der Waals surface area contributed by atoms with Crippen molar-refractivity contribution in [3.8, 4) is 17.2 Å². The van der Waals surface area contributed by atoms with Gasteiger partial charge in [0, 0.05) is 49.1 Å². The molecule has 3 fully saturated rings. The fraction of sp³-hybridized carbons (Fsp3) is 0.568. The molecule has 3 heterocycles. The lowest BCUT2D eigenvalue weighted by atomic mass is 9.72. The Bertz CT molecular complexity index is 1870. The van der Waals surface area contributed by atoms with Gasteiger partial charge in [-0.1, -0.05) is 12.1 Å². The molecule has 4 unspecified atom stereocenters. The highest BCUT2D eigenvalue weighted by Crippen LogP contribution is 2.53. The van der Waals surface area contributed by atoms with Crippen LogP contribution in [-0.2, 0) is 34.9 Å². The molecular formula is C37H44N2O14.